The summed E-state index contributed by atoms with van der Waals surface area (Å²) in [6.07, 6.45) is 0. The maximum absolute atomic E-state index is 5.52. The van der Waals surface area contributed by atoms with E-state index in [4.69, 9.17) is 33.7 Å². The molecule has 0 unspecified atom stereocenters. The number of aliphatic imine (C=N–C) groups is 1. The minimum Gasteiger partial charge on any atom is -0.497 e. The average Bonchev–Trinajstić information content (AvgIpc) is 2.19. The fourth-order valence-corrected chi connectivity index (χ4v) is 0.952. The number of methoxy groups -OCH3 is 1. The Morgan fingerprint density at radius 1 is 1.36 bits per heavy atom. The molecule has 0 fully saturated rings. The van der Waals surface area contributed by atoms with Crippen LogP contribution in [0.15, 0.2) is 29.3 Å². The number of hydrogen-bond donors (Lipinski definition) is 1. The Morgan fingerprint density at radius 3 is 2.36 bits per heavy atom. The first-order chi connectivity index (χ1) is 6.63. The summed E-state index contributed by atoms with van der Waals surface area (Å²) in [5.41, 5.74) is 6.16. The molecule has 0 aliphatic heterocycles. The number of halogens is 2. The van der Waals surface area contributed by atoms with Crippen LogP contribution < -0.4 is 10.5 Å². The average molecular weight is 233 g/mol. The summed E-state index contributed by atoms with van der Waals surface area (Å²) in [5, 5.41) is 0. The summed E-state index contributed by atoms with van der Waals surface area (Å²) in [4.78, 5) is 3.23. The van der Waals surface area contributed by atoms with E-state index in [1.807, 2.05) is 0 Å². The molecule has 1 aromatic carbocycles. The maximum Gasteiger partial charge on any atom is 0.164 e. The van der Waals surface area contributed by atoms with Crippen molar-refractivity contribution < 1.29 is 4.74 Å². The molecular formula is C9H10Cl2N2O. The Balaban J connectivity index is 2.83. The second kappa shape index (κ2) is 5.08. The van der Waals surface area contributed by atoms with Crippen LogP contribution in [0.25, 0.3) is 0 Å². The third-order valence-corrected chi connectivity index (χ3v) is 2.00. The van der Waals surface area contributed by atoms with E-state index in [2.05, 4.69) is 4.99 Å². The van der Waals surface area contributed by atoms with Gasteiger partial charge in [0.05, 0.1) is 12.8 Å². The fourth-order valence-electron chi connectivity index (χ4n) is 0.855. The Hall–Kier alpha value is -0.930. The fraction of sp³-hybridized carbons (Fsp3) is 0.222. The molecule has 1 rings (SSSR count). The van der Waals surface area contributed by atoms with Crippen molar-refractivity contribution in [2.45, 2.75) is 4.84 Å². The van der Waals surface area contributed by atoms with E-state index >= 15 is 0 Å². The van der Waals surface area contributed by atoms with E-state index < -0.39 is 4.84 Å². The highest BCUT2D eigenvalue weighted by molar-refractivity contribution is 6.54. The molecule has 0 aliphatic rings. The maximum atomic E-state index is 5.52. The summed E-state index contributed by atoms with van der Waals surface area (Å²) in [6.45, 7) is 0. The highest BCUT2D eigenvalue weighted by atomic mass is 35.5. The zero-order chi connectivity index (χ0) is 10.6. The molecule has 14 heavy (non-hydrogen) atoms. The molecule has 0 atom stereocenters. The molecule has 3 nitrogen and oxygen atoms in total. The van der Waals surface area contributed by atoms with E-state index in [0.717, 1.165) is 5.75 Å². The van der Waals surface area contributed by atoms with Crippen LogP contribution in [-0.2, 0) is 0 Å². The lowest BCUT2D eigenvalue weighted by Crippen LogP contribution is -2.18. The monoisotopic (exact) mass is 232 g/mol. The van der Waals surface area contributed by atoms with Crippen molar-refractivity contribution in [1.82, 2.24) is 0 Å². The van der Waals surface area contributed by atoms with Crippen molar-refractivity contribution in [3.05, 3.63) is 24.3 Å². The summed E-state index contributed by atoms with van der Waals surface area (Å²) < 4.78 is 4.99. The summed E-state index contributed by atoms with van der Waals surface area (Å²) >= 11 is 11.0. The molecule has 2 N–H and O–H groups in total. The van der Waals surface area contributed by atoms with Crippen LogP contribution in [0.4, 0.5) is 5.69 Å². The molecule has 0 radical (unpaired) electrons. The smallest absolute Gasteiger partial charge is 0.164 e. The van der Waals surface area contributed by atoms with Gasteiger partial charge in [0.15, 0.2) is 4.84 Å². The van der Waals surface area contributed by atoms with Gasteiger partial charge in [-0.1, -0.05) is 23.2 Å². The van der Waals surface area contributed by atoms with Gasteiger partial charge in [-0.15, -0.1) is 0 Å². The van der Waals surface area contributed by atoms with Crippen LogP contribution in [0.3, 0.4) is 0 Å². The lowest BCUT2D eigenvalue weighted by atomic mass is 10.3. The quantitative estimate of drug-likeness (QED) is 0.495. The van der Waals surface area contributed by atoms with Crippen LogP contribution in [0.5, 0.6) is 5.75 Å². The van der Waals surface area contributed by atoms with Gasteiger partial charge < -0.3 is 10.5 Å². The third-order valence-electron chi connectivity index (χ3n) is 1.55. The molecule has 76 valence electrons. The third kappa shape index (κ3) is 3.09. The van der Waals surface area contributed by atoms with E-state index in [1.165, 1.54) is 0 Å². The molecule has 0 aliphatic carbocycles. The molecule has 0 bridgehead atoms. The first kappa shape index (κ1) is 11.1. The van der Waals surface area contributed by atoms with Crippen LogP contribution in [0.2, 0.25) is 0 Å². The number of benzene rings is 1. The molecule has 0 aromatic heterocycles. The minimum atomic E-state index is -0.780. The van der Waals surface area contributed by atoms with Gasteiger partial charge in [-0.3, -0.25) is 0 Å². The zero-order valence-corrected chi connectivity index (χ0v) is 9.09. The predicted octanol–water partition coefficient (Wildman–Crippen LogP) is 2.49. The van der Waals surface area contributed by atoms with Crippen molar-refractivity contribution in [2.24, 2.45) is 10.7 Å². The van der Waals surface area contributed by atoms with Crippen LogP contribution in [-0.4, -0.2) is 17.8 Å². The summed E-state index contributed by atoms with van der Waals surface area (Å²) in [5.74, 6) is 0.939. The van der Waals surface area contributed by atoms with Crippen molar-refractivity contribution in [1.29, 1.82) is 0 Å². The first-order valence-corrected chi connectivity index (χ1v) is 4.77. The normalized spacial score (nSPS) is 11.9. The Bertz CT molecular complexity index is 322. The number of ether oxygens (including phenoxy) is 1. The van der Waals surface area contributed by atoms with E-state index in [9.17, 15) is 0 Å². The Kier molecular flexibility index (Phi) is 4.04. The molecule has 1 aromatic rings. The lowest BCUT2D eigenvalue weighted by molar-refractivity contribution is 0.415. The molecular weight excluding hydrogens is 223 g/mol. The first-order valence-electron chi connectivity index (χ1n) is 3.89. The number of hydrogen-bond acceptors (Lipinski definition) is 2. The van der Waals surface area contributed by atoms with E-state index in [1.54, 1.807) is 31.4 Å². The molecule has 0 amide bonds. The number of nitrogens with zero attached hydrogens (tertiary/aromatic N) is 1. The molecule has 0 saturated carbocycles. The van der Waals surface area contributed by atoms with Crippen molar-refractivity contribution >= 4 is 34.7 Å². The highest BCUT2D eigenvalue weighted by Gasteiger charge is 2.03. The molecule has 5 heteroatoms. The number of alkyl halides is 2. The molecule has 0 heterocycles. The summed E-state index contributed by atoms with van der Waals surface area (Å²) in [6, 6.07) is 7.09. The molecule has 0 spiro atoms. The standard InChI is InChI=1S/C9H10Cl2N2O/c1-14-7-4-2-6(3-5-7)13-9(12)8(10)11/h2-5,8H,1H3,(H2,12,13). The second-order valence-electron chi connectivity index (χ2n) is 2.54. The van der Waals surface area contributed by atoms with Gasteiger partial charge in [0.1, 0.15) is 11.6 Å². The van der Waals surface area contributed by atoms with Crippen LogP contribution >= 0.6 is 23.2 Å². The van der Waals surface area contributed by atoms with Crippen molar-refractivity contribution in [2.75, 3.05) is 7.11 Å². The summed E-state index contributed by atoms with van der Waals surface area (Å²) in [7, 11) is 1.60. The minimum absolute atomic E-state index is 0.179. The van der Waals surface area contributed by atoms with Gasteiger partial charge in [-0.05, 0) is 24.3 Å². The topological polar surface area (TPSA) is 47.6 Å². The van der Waals surface area contributed by atoms with Gasteiger partial charge >= 0.3 is 0 Å². The molecule has 0 saturated heterocycles. The SMILES string of the molecule is COc1ccc(N=C(N)C(Cl)Cl)cc1. The number of rotatable bonds is 3. The van der Waals surface area contributed by atoms with Gasteiger partial charge in [-0.2, -0.15) is 0 Å². The largest absolute Gasteiger partial charge is 0.497 e. The number of nitrogens with two attached hydrogens (primary N) is 1. The van der Waals surface area contributed by atoms with Gasteiger partial charge in [0.25, 0.3) is 0 Å². The van der Waals surface area contributed by atoms with Gasteiger partial charge in [-0.25, -0.2) is 4.99 Å². The van der Waals surface area contributed by atoms with Gasteiger partial charge in [0.2, 0.25) is 0 Å². The Labute approximate surface area is 92.5 Å². The van der Waals surface area contributed by atoms with Crippen LogP contribution in [0.1, 0.15) is 0 Å². The zero-order valence-electron chi connectivity index (χ0n) is 7.58. The van der Waals surface area contributed by atoms with E-state index in [-0.39, 0.29) is 5.84 Å². The van der Waals surface area contributed by atoms with Crippen LogP contribution in [0, 0.1) is 0 Å². The Morgan fingerprint density at radius 2 is 1.93 bits per heavy atom. The highest BCUT2D eigenvalue weighted by Crippen LogP contribution is 2.18. The van der Waals surface area contributed by atoms with Crippen molar-refractivity contribution in [3.63, 3.8) is 0 Å². The van der Waals surface area contributed by atoms with E-state index in [0.29, 0.717) is 5.69 Å². The number of amidine groups is 1. The van der Waals surface area contributed by atoms with Crippen molar-refractivity contribution in [3.8, 4) is 5.75 Å². The predicted molar refractivity (Wildman–Crippen MR) is 59.8 cm³/mol. The second-order valence-corrected chi connectivity index (χ2v) is 3.63. The lowest BCUT2D eigenvalue weighted by Gasteiger charge is -2.01. The van der Waals surface area contributed by atoms with Gasteiger partial charge in [0, 0.05) is 0 Å².